The second-order valence-corrected chi connectivity index (χ2v) is 8.94. The largest absolute Gasteiger partial charge is 0.496 e. The van der Waals surface area contributed by atoms with Crippen molar-refractivity contribution >= 4 is 27.7 Å². The van der Waals surface area contributed by atoms with E-state index in [4.69, 9.17) is 14.2 Å². The molecule has 2 unspecified atom stereocenters. The highest BCUT2D eigenvalue weighted by Gasteiger charge is 2.43. The van der Waals surface area contributed by atoms with Crippen LogP contribution in [-0.2, 0) is 20.9 Å². The average molecular weight is 512 g/mol. The average Bonchev–Trinajstić information content (AvgIpc) is 2.82. The SMILES string of the molecule is C=C1NC2=C(C(=O)CCC2)C(c2ccc(OC)c(COc3ccccc3Br)c2)C1C(=O)OC. The third-order valence-electron chi connectivity index (χ3n) is 6.13. The molecule has 1 aliphatic heterocycles. The number of esters is 1. The van der Waals surface area contributed by atoms with Crippen LogP contribution in [0.1, 0.15) is 36.3 Å². The Kier molecular flexibility index (Phi) is 6.88. The Labute approximate surface area is 201 Å². The summed E-state index contributed by atoms with van der Waals surface area (Å²) in [6.07, 6.45) is 1.99. The number of ketones is 1. The van der Waals surface area contributed by atoms with Crippen LogP contribution in [0.25, 0.3) is 0 Å². The highest BCUT2D eigenvalue weighted by molar-refractivity contribution is 9.10. The van der Waals surface area contributed by atoms with Gasteiger partial charge in [-0.1, -0.05) is 24.8 Å². The molecule has 1 heterocycles. The first kappa shape index (κ1) is 23.1. The third kappa shape index (κ3) is 4.55. The first-order valence-corrected chi connectivity index (χ1v) is 11.6. The maximum Gasteiger partial charge on any atom is 0.315 e. The molecule has 2 aromatic carbocycles. The van der Waals surface area contributed by atoms with Gasteiger partial charge in [0.25, 0.3) is 0 Å². The number of rotatable bonds is 6. The molecule has 2 atom stereocenters. The molecule has 0 saturated carbocycles. The van der Waals surface area contributed by atoms with Gasteiger partial charge in [0.2, 0.25) is 0 Å². The Morgan fingerprint density at radius 3 is 2.67 bits per heavy atom. The smallest absolute Gasteiger partial charge is 0.315 e. The van der Waals surface area contributed by atoms with E-state index in [0.717, 1.165) is 34.1 Å². The lowest BCUT2D eigenvalue weighted by molar-refractivity contribution is -0.144. The number of hydrogen-bond donors (Lipinski definition) is 1. The normalized spacial score (nSPS) is 20.1. The molecule has 1 aliphatic carbocycles. The number of hydrogen-bond acceptors (Lipinski definition) is 6. The monoisotopic (exact) mass is 511 g/mol. The zero-order valence-electron chi connectivity index (χ0n) is 18.7. The van der Waals surface area contributed by atoms with Crippen LogP contribution in [0.3, 0.4) is 0 Å². The minimum atomic E-state index is -0.707. The maximum absolute atomic E-state index is 13.0. The van der Waals surface area contributed by atoms with Gasteiger partial charge in [0, 0.05) is 34.9 Å². The summed E-state index contributed by atoms with van der Waals surface area (Å²) >= 11 is 3.50. The topological polar surface area (TPSA) is 73.9 Å². The van der Waals surface area contributed by atoms with E-state index in [1.54, 1.807) is 7.11 Å². The summed E-state index contributed by atoms with van der Waals surface area (Å²) in [5.41, 5.74) is 3.67. The summed E-state index contributed by atoms with van der Waals surface area (Å²) in [4.78, 5) is 25.8. The lowest BCUT2D eigenvalue weighted by Gasteiger charge is -2.38. The van der Waals surface area contributed by atoms with Crippen molar-refractivity contribution in [2.75, 3.05) is 14.2 Å². The van der Waals surface area contributed by atoms with Crippen LogP contribution in [0.15, 0.2) is 70.5 Å². The summed E-state index contributed by atoms with van der Waals surface area (Å²) in [5, 5.41) is 3.21. The number of nitrogens with one attached hydrogen (secondary N) is 1. The number of carbonyl (C=O) groups is 2. The summed E-state index contributed by atoms with van der Waals surface area (Å²) in [5.74, 6) is -0.193. The summed E-state index contributed by atoms with van der Waals surface area (Å²) < 4.78 is 17.5. The Morgan fingerprint density at radius 1 is 1.15 bits per heavy atom. The number of carbonyl (C=O) groups excluding carboxylic acids is 2. The Bertz CT molecular complexity index is 1140. The number of para-hydroxylation sites is 1. The van der Waals surface area contributed by atoms with Crippen molar-refractivity contribution in [2.24, 2.45) is 5.92 Å². The van der Waals surface area contributed by atoms with Gasteiger partial charge < -0.3 is 19.5 Å². The number of benzene rings is 2. The minimum absolute atomic E-state index is 0.0528. The van der Waals surface area contributed by atoms with Gasteiger partial charge in [-0.25, -0.2) is 0 Å². The number of halogens is 1. The minimum Gasteiger partial charge on any atom is -0.496 e. The fourth-order valence-electron chi connectivity index (χ4n) is 4.58. The van der Waals surface area contributed by atoms with Crippen LogP contribution in [0.5, 0.6) is 11.5 Å². The Balaban J connectivity index is 1.76. The van der Waals surface area contributed by atoms with E-state index < -0.39 is 17.8 Å². The molecule has 0 spiro atoms. The van der Waals surface area contributed by atoms with Crippen LogP contribution < -0.4 is 14.8 Å². The Morgan fingerprint density at radius 2 is 1.94 bits per heavy atom. The standard InChI is InChI=1S/C26H26BrNO5/c1-15-23(26(30)32-3)24(25-19(28-15)8-6-9-20(25)29)16-11-12-21(31-2)17(13-16)14-33-22-10-5-4-7-18(22)27/h4-5,7,10-13,23-24,28H,1,6,8-9,14H2,2-3H3. The lowest BCUT2D eigenvalue weighted by Crippen LogP contribution is -2.41. The molecule has 0 aromatic heterocycles. The van der Waals surface area contributed by atoms with E-state index in [2.05, 4.69) is 27.8 Å². The van der Waals surface area contributed by atoms with Crippen molar-refractivity contribution in [2.45, 2.75) is 31.8 Å². The molecule has 33 heavy (non-hydrogen) atoms. The van der Waals surface area contributed by atoms with Crippen LogP contribution in [0.4, 0.5) is 0 Å². The maximum atomic E-state index is 13.0. The molecule has 6 nitrogen and oxygen atoms in total. The van der Waals surface area contributed by atoms with Crippen molar-refractivity contribution < 1.29 is 23.8 Å². The van der Waals surface area contributed by atoms with Crippen LogP contribution in [0.2, 0.25) is 0 Å². The van der Waals surface area contributed by atoms with E-state index in [1.807, 2.05) is 42.5 Å². The predicted molar refractivity (Wildman–Crippen MR) is 128 cm³/mol. The van der Waals surface area contributed by atoms with E-state index in [-0.39, 0.29) is 12.4 Å². The molecule has 172 valence electrons. The molecule has 1 N–H and O–H groups in total. The molecule has 2 aliphatic rings. The molecule has 0 amide bonds. The third-order valence-corrected chi connectivity index (χ3v) is 6.78. The van der Waals surface area contributed by atoms with Crippen molar-refractivity contribution in [3.8, 4) is 11.5 Å². The number of allylic oxidation sites excluding steroid dienone is 2. The molecule has 0 radical (unpaired) electrons. The highest BCUT2D eigenvalue weighted by atomic mass is 79.9. The number of Topliss-reactive ketones (excluding diaryl/α,β-unsaturated/α-hetero) is 1. The van der Waals surface area contributed by atoms with Crippen LogP contribution in [-0.4, -0.2) is 26.0 Å². The summed E-state index contributed by atoms with van der Waals surface area (Å²) in [7, 11) is 2.95. The zero-order valence-corrected chi connectivity index (χ0v) is 20.2. The van der Waals surface area contributed by atoms with Gasteiger partial charge in [0.1, 0.15) is 24.0 Å². The Hall–Kier alpha value is -3.06. The quantitative estimate of drug-likeness (QED) is 0.548. The van der Waals surface area contributed by atoms with E-state index in [9.17, 15) is 9.59 Å². The van der Waals surface area contributed by atoms with E-state index in [0.29, 0.717) is 29.2 Å². The van der Waals surface area contributed by atoms with Gasteiger partial charge in [0.15, 0.2) is 5.78 Å². The van der Waals surface area contributed by atoms with Gasteiger partial charge in [-0.2, -0.15) is 0 Å². The lowest BCUT2D eigenvalue weighted by atomic mass is 9.71. The molecule has 0 bridgehead atoms. The molecule has 2 aromatic rings. The molecule has 4 rings (SSSR count). The highest BCUT2D eigenvalue weighted by Crippen LogP contribution is 2.45. The van der Waals surface area contributed by atoms with Gasteiger partial charge >= 0.3 is 5.97 Å². The molecule has 0 saturated heterocycles. The van der Waals surface area contributed by atoms with Gasteiger partial charge in [-0.05, 0) is 58.6 Å². The number of ether oxygens (including phenoxy) is 3. The molecular formula is C26H26BrNO5. The molecular weight excluding hydrogens is 486 g/mol. The van der Waals surface area contributed by atoms with E-state index in [1.165, 1.54) is 7.11 Å². The second kappa shape index (κ2) is 9.83. The second-order valence-electron chi connectivity index (χ2n) is 8.09. The van der Waals surface area contributed by atoms with Gasteiger partial charge in [-0.15, -0.1) is 0 Å². The zero-order chi connectivity index (χ0) is 23.5. The van der Waals surface area contributed by atoms with E-state index >= 15 is 0 Å². The van der Waals surface area contributed by atoms with Crippen molar-refractivity contribution in [3.63, 3.8) is 0 Å². The van der Waals surface area contributed by atoms with Crippen LogP contribution in [0, 0.1) is 5.92 Å². The fraction of sp³-hybridized carbons (Fsp3) is 0.308. The summed E-state index contributed by atoms with van der Waals surface area (Å²) in [6, 6.07) is 13.3. The fourth-order valence-corrected chi connectivity index (χ4v) is 4.98. The predicted octanol–water partition coefficient (Wildman–Crippen LogP) is 5.03. The number of methoxy groups -OCH3 is 2. The van der Waals surface area contributed by atoms with Crippen molar-refractivity contribution in [1.29, 1.82) is 0 Å². The molecule has 7 heteroatoms. The van der Waals surface area contributed by atoms with Gasteiger partial charge in [-0.3, -0.25) is 9.59 Å². The first-order valence-electron chi connectivity index (χ1n) is 10.8. The van der Waals surface area contributed by atoms with Crippen LogP contribution >= 0.6 is 15.9 Å². The van der Waals surface area contributed by atoms with Gasteiger partial charge in [0.05, 0.1) is 18.7 Å². The van der Waals surface area contributed by atoms with Crippen molar-refractivity contribution in [1.82, 2.24) is 5.32 Å². The summed E-state index contributed by atoms with van der Waals surface area (Å²) in [6.45, 7) is 4.34. The van der Waals surface area contributed by atoms with Crippen molar-refractivity contribution in [3.05, 3.63) is 81.6 Å². The first-order chi connectivity index (χ1) is 15.9. The molecule has 0 fully saturated rings.